The van der Waals surface area contributed by atoms with Crippen molar-refractivity contribution < 1.29 is 9.53 Å². The molecule has 0 bridgehead atoms. The van der Waals surface area contributed by atoms with E-state index >= 15 is 0 Å². The first-order valence-electron chi connectivity index (χ1n) is 7.10. The van der Waals surface area contributed by atoms with Gasteiger partial charge in [0.2, 0.25) is 11.0 Å². The number of anilines is 1. The van der Waals surface area contributed by atoms with Crippen molar-refractivity contribution in [2.75, 3.05) is 12.4 Å². The molecular weight excluding hydrogens is 318 g/mol. The van der Waals surface area contributed by atoms with Gasteiger partial charge in [0.25, 0.3) is 0 Å². The number of amides is 1. The van der Waals surface area contributed by atoms with Crippen LogP contribution in [0.3, 0.4) is 0 Å². The number of carbonyl (C=O) groups excluding carboxylic acids is 1. The van der Waals surface area contributed by atoms with Crippen LogP contribution in [0.25, 0.3) is 0 Å². The highest BCUT2D eigenvalue weighted by atomic mass is 32.2. The van der Waals surface area contributed by atoms with Crippen molar-refractivity contribution in [3.05, 3.63) is 29.8 Å². The molecular formula is C15H19N3O2S2. The Morgan fingerprint density at radius 3 is 2.77 bits per heavy atom. The second-order valence-corrected chi connectivity index (χ2v) is 6.86. The highest BCUT2D eigenvalue weighted by Gasteiger charge is 2.08. The third kappa shape index (κ3) is 5.31. The molecule has 0 atom stereocenters. The number of hydrogen-bond donors (Lipinski definition) is 1. The van der Waals surface area contributed by atoms with E-state index in [2.05, 4.69) is 22.4 Å². The number of unbranched alkanes of at least 4 members (excludes halogenated alkanes) is 1. The van der Waals surface area contributed by atoms with Crippen LogP contribution < -0.4 is 10.1 Å². The lowest BCUT2D eigenvalue weighted by Crippen LogP contribution is -2.10. The predicted molar refractivity (Wildman–Crippen MR) is 90.6 cm³/mol. The first-order valence-corrected chi connectivity index (χ1v) is 8.90. The zero-order valence-corrected chi connectivity index (χ0v) is 14.3. The number of benzene rings is 1. The molecule has 2 aromatic rings. The summed E-state index contributed by atoms with van der Waals surface area (Å²) in [5, 5.41) is 11.4. The normalized spacial score (nSPS) is 10.5. The van der Waals surface area contributed by atoms with Crippen LogP contribution in [0, 0.1) is 0 Å². The summed E-state index contributed by atoms with van der Waals surface area (Å²) in [6.45, 7) is 2.06. The highest BCUT2D eigenvalue weighted by molar-refractivity contribution is 8.00. The van der Waals surface area contributed by atoms with Gasteiger partial charge in [0, 0.05) is 12.2 Å². The first-order chi connectivity index (χ1) is 10.7. The third-order valence-corrected chi connectivity index (χ3v) is 4.97. The van der Waals surface area contributed by atoms with Crippen molar-refractivity contribution in [3.63, 3.8) is 0 Å². The average Bonchev–Trinajstić information content (AvgIpc) is 2.99. The molecule has 1 N–H and O–H groups in total. The van der Waals surface area contributed by atoms with Gasteiger partial charge in [-0.3, -0.25) is 4.79 Å². The lowest BCUT2D eigenvalue weighted by Gasteiger charge is -2.01. The number of hydrogen-bond acceptors (Lipinski definition) is 6. The number of ether oxygens (including phenoxy) is 1. The summed E-state index contributed by atoms with van der Waals surface area (Å²) in [4.78, 5) is 11.6. The first kappa shape index (κ1) is 16.8. The van der Waals surface area contributed by atoms with Gasteiger partial charge in [-0.1, -0.05) is 48.6 Å². The van der Waals surface area contributed by atoms with Crippen molar-refractivity contribution in [2.45, 2.75) is 36.3 Å². The Morgan fingerprint density at radius 2 is 2.09 bits per heavy atom. The minimum atomic E-state index is 0.00436. The maximum Gasteiger partial charge on any atom is 0.226 e. The van der Waals surface area contributed by atoms with E-state index in [1.54, 1.807) is 18.9 Å². The van der Waals surface area contributed by atoms with Gasteiger partial charge >= 0.3 is 0 Å². The predicted octanol–water partition coefficient (Wildman–Crippen LogP) is 3.97. The fourth-order valence-corrected chi connectivity index (χ4v) is 3.43. The average molecular weight is 337 g/mol. The van der Waals surface area contributed by atoms with E-state index in [0.717, 1.165) is 28.7 Å². The molecule has 1 aromatic heterocycles. The largest absolute Gasteiger partial charge is 0.497 e. The summed E-state index contributed by atoms with van der Waals surface area (Å²) in [6, 6.07) is 7.94. The van der Waals surface area contributed by atoms with Crippen LogP contribution in [0.2, 0.25) is 0 Å². The Labute approximate surface area is 138 Å². The molecule has 0 saturated heterocycles. The van der Waals surface area contributed by atoms with Crippen molar-refractivity contribution in [1.82, 2.24) is 10.2 Å². The lowest BCUT2D eigenvalue weighted by molar-refractivity contribution is -0.116. The van der Waals surface area contributed by atoms with Gasteiger partial charge in [0.05, 0.1) is 7.11 Å². The Bertz CT molecular complexity index is 599. The molecule has 1 aromatic carbocycles. The molecule has 1 heterocycles. The van der Waals surface area contributed by atoms with Gasteiger partial charge in [-0.2, -0.15) is 0 Å². The van der Waals surface area contributed by atoms with E-state index in [4.69, 9.17) is 4.74 Å². The van der Waals surface area contributed by atoms with Crippen molar-refractivity contribution in [2.24, 2.45) is 0 Å². The molecule has 0 unspecified atom stereocenters. The number of methoxy groups -OCH3 is 1. The molecule has 0 fully saturated rings. The van der Waals surface area contributed by atoms with Crippen LogP contribution in [0.4, 0.5) is 5.13 Å². The van der Waals surface area contributed by atoms with Gasteiger partial charge in [0.15, 0.2) is 4.34 Å². The summed E-state index contributed by atoms with van der Waals surface area (Å²) < 4.78 is 5.98. The molecule has 0 radical (unpaired) electrons. The summed E-state index contributed by atoms with van der Waals surface area (Å²) in [6.07, 6.45) is 2.43. The van der Waals surface area contributed by atoms with Crippen LogP contribution in [0.15, 0.2) is 28.6 Å². The minimum absolute atomic E-state index is 0.00436. The second kappa shape index (κ2) is 8.75. The molecule has 0 spiro atoms. The number of thioether (sulfide) groups is 1. The molecule has 0 aliphatic carbocycles. The summed E-state index contributed by atoms with van der Waals surface area (Å²) in [5.41, 5.74) is 1.19. The Kier molecular flexibility index (Phi) is 6.67. The van der Waals surface area contributed by atoms with E-state index in [1.165, 1.54) is 16.9 Å². The quantitative estimate of drug-likeness (QED) is 0.583. The number of carbonyl (C=O) groups is 1. The summed E-state index contributed by atoms with van der Waals surface area (Å²) >= 11 is 3.01. The topological polar surface area (TPSA) is 64.1 Å². The number of rotatable bonds is 8. The minimum Gasteiger partial charge on any atom is -0.497 e. The smallest absolute Gasteiger partial charge is 0.226 e. The van der Waals surface area contributed by atoms with Gasteiger partial charge in [-0.05, 0) is 24.1 Å². The van der Waals surface area contributed by atoms with E-state index in [1.807, 2.05) is 24.3 Å². The summed E-state index contributed by atoms with van der Waals surface area (Å²) in [7, 11) is 1.65. The molecule has 2 rings (SSSR count). The zero-order chi connectivity index (χ0) is 15.8. The molecule has 0 saturated carbocycles. The van der Waals surface area contributed by atoms with Crippen molar-refractivity contribution in [1.29, 1.82) is 0 Å². The SMILES string of the molecule is CCCCC(=O)Nc1nnc(SCc2ccc(OC)cc2)s1. The highest BCUT2D eigenvalue weighted by Crippen LogP contribution is 2.28. The maximum atomic E-state index is 11.6. The van der Waals surface area contributed by atoms with Crippen LogP contribution in [-0.4, -0.2) is 23.2 Å². The van der Waals surface area contributed by atoms with Crippen molar-refractivity contribution in [3.8, 4) is 5.75 Å². The third-order valence-electron chi connectivity index (χ3n) is 2.93. The van der Waals surface area contributed by atoms with Crippen molar-refractivity contribution >= 4 is 34.1 Å². The van der Waals surface area contributed by atoms with Crippen LogP contribution in [0.5, 0.6) is 5.75 Å². The molecule has 1 amide bonds. The molecule has 5 nitrogen and oxygen atoms in total. The standard InChI is InChI=1S/C15H19N3O2S2/c1-3-4-5-13(19)16-14-17-18-15(22-14)21-10-11-6-8-12(20-2)9-7-11/h6-9H,3-5,10H2,1-2H3,(H,16,17,19). The second-order valence-electron chi connectivity index (χ2n) is 4.66. The molecule has 0 aliphatic rings. The van der Waals surface area contributed by atoms with Gasteiger partial charge < -0.3 is 10.1 Å². The van der Waals surface area contributed by atoms with Gasteiger partial charge in [0.1, 0.15) is 5.75 Å². The maximum absolute atomic E-state index is 11.6. The van der Waals surface area contributed by atoms with Crippen LogP contribution in [0.1, 0.15) is 31.7 Å². The lowest BCUT2D eigenvalue weighted by atomic mass is 10.2. The van der Waals surface area contributed by atoms with Crippen LogP contribution in [-0.2, 0) is 10.5 Å². The fourth-order valence-electron chi connectivity index (χ4n) is 1.70. The van der Waals surface area contributed by atoms with Gasteiger partial charge in [-0.25, -0.2) is 0 Å². The molecule has 7 heteroatoms. The molecule has 118 valence electrons. The molecule has 0 aliphatic heterocycles. The summed E-state index contributed by atoms with van der Waals surface area (Å²) in [5.74, 6) is 1.66. The zero-order valence-electron chi connectivity index (χ0n) is 12.7. The molecule has 22 heavy (non-hydrogen) atoms. The Balaban J connectivity index is 1.82. The Hall–Kier alpha value is -1.60. The van der Waals surface area contributed by atoms with E-state index in [9.17, 15) is 4.79 Å². The van der Waals surface area contributed by atoms with E-state index in [0.29, 0.717) is 11.6 Å². The van der Waals surface area contributed by atoms with Gasteiger partial charge in [-0.15, -0.1) is 10.2 Å². The number of aromatic nitrogens is 2. The number of nitrogens with zero attached hydrogens (tertiary/aromatic N) is 2. The Morgan fingerprint density at radius 1 is 1.32 bits per heavy atom. The van der Waals surface area contributed by atoms with E-state index in [-0.39, 0.29) is 5.91 Å². The fraction of sp³-hybridized carbons (Fsp3) is 0.400. The van der Waals surface area contributed by atoms with E-state index < -0.39 is 0 Å². The van der Waals surface area contributed by atoms with Crippen LogP contribution >= 0.6 is 23.1 Å². The number of nitrogens with one attached hydrogen (secondary N) is 1. The monoisotopic (exact) mass is 337 g/mol.